The van der Waals surface area contributed by atoms with E-state index in [4.69, 9.17) is 14.6 Å². The second kappa shape index (κ2) is 6.00. The van der Waals surface area contributed by atoms with Gasteiger partial charge in [-0.15, -0.1) is 0 Å². The smallest absolute Gasteiger partial charge is 0.305 e. The number of carboxylic acids is 1. The molecule has 3 aliphatic rings. The molecular formula is C15H25NO4. The third-order valence-corrected chi connectivity index (χ3v) is 5.05. The molecule has 2 saturated heterocycles. The maximum atomic E-state index is 10.9. The van der Waals surface area contributed by atoms with Crippen LogP contribution < -0.4 is 0 Å². The second-order valence-electron chi connectivity index (χ2n) is 6.49. The van der Waals surface area contributed by atoms with Gasteiger partial charge >= 0.3 is 5.97 Å². The summed E-state index contributed by atoms with van der Waals surface area (Å²) >= 11 is 0. The van der Waals surface area contributed by atoms with Gasteiger partial charge in [0.05, 0.1) is 31.3 Å². The van der Waals surface area contributed by atoms with Crippen molar-refractivity contribution in [2.45, 2.75) is 62.7 Å². The van der Waals surface area contributed by atoms with Crippen molar-refractivity contribution in [2.24, 2.45) is 0 Å². The van der Waals surface area contributed by atoms with Crippen LogP contribution in [0, 0.1) is 0 Å². The lowest BCUT2D eigenvalue weighted by Gasteiger charge is -2.36. The normalized spacial score (nSPS) is 33.8. The molecule has 20 heavy (non-hydrogen) atoms. The Morgan fingerprint density at radius 1 is 1.30 bits per heavy atom. The molecule has 1 aliphatic carbocycles. The van der Waals surface area contributed by atoms with E-state index in [1.54, 1.807) is 0 Å². The fourth-order valence-corrected chi connectivity index (χ4v) is 3.99. The van der Waals surface area contributed by atoms with Crippen molar-refractivity contribution in [1.82, 2.24) is 4.90 Å². The first kappa shape index (κ1) is 14.3. The summed E-state index contributed by atoms with van der Waals surface area (Å²) in [5.74, 6) is -0.745. The molecule has 5 heteroatoms. The third kappa shape index (κ3) is 3.15. The quantitative estimate of drug-likeness (QED) is 0.850. The molecule has 2 atom stereocenters. The van der Waals surface area contributed by atoms with Crippen molar-refractivity contribution in [3.63, 3.8) is 0 Å². The van der Waals surface area contributed by atoms with Gasteiger partial charge in [-0.1, -0.05) is 12.8 Å². The summed E-state index contributed by atoms with van der Waals surface area (Å²) in [5.41, 5.74) is 0.166. The maximum absolute atomic E-state index is 10.9. The maximum Gasteiger partial charge on any atom is 0.305 e. The Morgan fingerprint density at radius 2 is 2.10 bits per heavy atom. The molecule has 1 saturated carbocycles. The van der Waals surface area contributed by atoms with Crippen molar-refractivity contribution < 1.29 is 19.4 Å². The number of carbonyl (C=O) groups is 1. The molecular weight excluding hydrogens is 258 g/mol. The highest BCUT2D eigenvalue weighted by atomic mass is 16.5. The number of morpholine rings is 1. The van der Waals surface area contributed by atoms with Gasteiger partial charge in [0.25, 0.3) is 0 Å². The number of aliphatic carboxylic acids is 1. The van der Waals surface area contributed by atoms with E-state index in [-0.39, 0.29) is 24.2 Å². The second-order valence-corrected chi connectivity index (χ2v) is 6.49. The average Bonchev–Trinajstić information content (AvgIpc) is 3.02. The van der Waals surface area contributed by atoms with Crippen molar-refractivity contribution in [3.8, 4) is 0 Å². The fourth-order valence-electron chi connectivity index (χ4n) is 3.99. The summed E-state index contributed by atoms with van der Waals surface area (Å²) in [6, 6.07) is 0.00461. The minimum atomic E-state index is -0.745. The standard InChI is InChI=1S/C15H25NO4/c17-14(18)9-12-11-19-8-7-16(12)10-13-3-6-15(20-13)4-1-2-5-15/h12-13H,1-11H2,(H,17,18). The first-order valence-corrected chi connectivity index (χ1v) is 7.88. The molecule has 0 amide bonds. The van der Waals surface area contributed by atoms with E-state index in [1.165, 1.54) is 32.1 Å². The van der Waals surface area contributed by atoms with E-state index >= 15 is 0 Å². The van der Waals surface area contributed by atoms with Crippen LogP contribution in [-0.2, 0) is 14.3 Å². The zero-order valence-electron chi connectivity index (χ0n) is 12.1. The summed E-state index contributed by atoms with van der Waals surface area (Å²) in [7, 11) is 0. The van der Waals surface area contributed by atoms with Crippen LogP contribution in [0.25, 0.3) is 0 Å². The Balaban J connectivity index is 1.54. The Labute approximate surface area is 120 Å². The van der Waals surface area contributed by atoms with Gasteiger partial charge < -0.3 is 14.6 Å². The topological polar surface area (TPSA) is 59.0 Å². The van der Waals surface area contributed by atoms with Gasteiger partial charge in [-0.05, 0) is 25.7 Å². The lowest BCUT2D eigenvalue weighted by Crippen LogP contribution is -2.49. The molecule has 2 unspecified atom stereocenters. The lowest BCUT2D eigenvalue weighted by atomic mass is 9.98. The van der Waals surface area contributed by atoms with Crippen molar-refractivity contribution >= 4 is 5.97 Å². The van der Waals surface area contributed by atoms with Gasteiger partial charge in [0.15, 0.2) is 0 Å². The molecule has 2 aliphatic heterocycles. The predicted octanol–water partition coefficient (Wildman–Crippen LogP) is 1.65. The highest BCUT2D eigenvalue weighted by molar-refractivity contribution is 5.67. The number of carboxylic acid groups (broad SMARTS) is 1. The van der Waals surface area contributed by atoms with Crippen LogP contribution in [0.2, 0.25) is 0 Å². The highest BCUT2D eigenvalue weighted by Crippen LogP contribution is 2.43. The SMILES string of the molecule is O=C(O)CC1COCCN1CC1CCC2(CCCC2)O1. The average molecular weight is 283 g/mol. The molecule has 1 N–H and O–H groups in total. The molecule has 5 nitrogen and oxygen atoms in total. The van der Waals surface area contributed by atoms with Gasteiger partial charge in [0, 0.05) is 19.1 Å². The minimum Gasteiger partial charge on any atom is -0.481 e. The van der Waals surface area contributed by atoms with Gasteiger partial charge in [0.1, 0.15) is 0 Å². The number of nitrogens with zero attached hydrogens (tertiary/aromatic N) is 1. The largest absolute Gasteiger partial charge is 0.481 e. The molecule has 114 valence electrons. The Morgan fingerprint density at radius 3 is 2.85 bits per heavy atom. The zero-order chi connectivity index (χ0) is 14.0. The highest BCUT2D eigenvalue weighted by Gasteiger charge is 2.43. The molecule has 0 aromatic carbocycles. The first-order valence-electron chi connectivity index (χ1n) is 7.88. The van der Waals surface area contributed by atoms with E-state index in [0.717, 1.165) is 19.5 Å². The summed E-state index contributed by atoms with van der Waals surface area (Å²) in [6.45, 7) is 2.92. The van der Waals surface area contributed by atoms with Crippen LogP contribution >= 0.6 is 0 Å². The molecule has 0 aromatic rings. The molecule has 2 heterocycles. The predicted molar refractivity (Wildman–Crippen MR) is 73.7 cm³/mol. The van der Waals surface area contributed by atoms with E-state index in [0.29, 0.717) is 13.2 Å². The number of rotatable bonds is 4. The van der Waals surface area contributed by atoms with Gasteiger partial charge in [-0.25, -0.2) is 0 Å². The van der Waals surface area contributed by atoms with Crippen LogP contribution in [0.3, 0.4) is 0 Å². The molecule has 3 fully saturated rings. The third-order valence-electron chi connectivity index (χ3n) is 5.05. The van der Waals surface area contributed by atoms with Crippen molar-refractivity contribution in [3.05, 3.63) is 0 Å². The van der Waals surface area contributed by atoms with Crippen molar-refractivity contribution in [1.29, 1.82) is 0 Å². The number of ether oxygens (including phenoxy) is 2. The van der Waals surface area contributed by atoms with Crippen LogP contribution in [0.5, 0.6) is 0 Å². The molecule has 3 rings (SSSR count). The summed E-state index contributed by atoms with van der Waals surface area (Å²) in [6.07, 6.45) is 7.77. The van der Waals surface area contributed by atoms with E-state index in [2.05, 4.69) is 4.90 Å². The fraction of sp³-hybridized carbons (Fsp3) is 0.933. The Bertz CT molecular complexity index is 354. The summed E-state index contributed by atoms with van der Waals surface area (Å²) < 4.78 is 11.8. The van der Waals surface area contributed by atoms with Gasteiger partial charge in [0.2, 0.25) is 0 Å². The van der Waals surface area contributed by atoms with Crippen LogP contribution in [0.1, 0.15) is 44.9 Å². The molecule has 0 aromatic heterocycles. The summed E-state index contributed by atoms with van der Waals surface area (Å²) in [5, 5.41) is 9.00. The first-order chi connectivity index (χ1) is 9.67. The summed E-state index contributed by atoms with van der Waals surface area (Å²) in [4.78, 5) is 13.2. The number of hydrogen-bond acceptors (Lipinski definition) is 4. The van der Waals surface area contributed by atoms with E-state index < -0.39 is 5.97 Å². The van der Waals surface area contributed by atoms with Crippen LogP contribution in [-0.4, -0.2) is 60.0 Å². The molecule has 0 bridgehead atoms. The van der Waals surface area contributed by atoms with Gasteiger partial charge in [-0.3, -0.25) is 9.69 Å². The Kier molecular flexibility index (Phi) is 4.29. The number of hydrogen-bond donors (Lipinski definition) is 1. The van der Waals surface area contributed by atoms with Crippen LogP contribution in [0.4, 0.5) is 0 Å². The molecule has 0 radical (unpaired) electrons. The monoisotopic (exact) mass is 283 g/mol. The molecule has 1 spiro atoms. The lowest BCUT2D eigenvalue weighted by molar-refractivity contribution is -0.141. The van der Waals surface area contributed by atoms with Gasteiger partial charge in [-0.2, -0.15) is 0 Å². The van der Waals surface area contributed by atoms with Crippen molar-refractivity contribution in [2.75, 3.05) is 26.3 Å². The zero-order valence-corrected chi connectivity index (χ0v) is 12.1. The minimum absolute atomic E-state index is 0.00461. The van der Waals surface area contributed by atoms with E-state index in [9.17, 15) is 4.79 Å². The Hall–Kier alpha value is -0.650. The van der Waals surface area contributed by atoms with Crippen LogP contribution in [0.15, 0.2) is 0 Å². The van der Waals surface area contributed by atoms with E-state index in [1.807, 2.05) is 0 Å².